The molecule has 3 aromatic carbocycles. The topological polar surface area (TPSA) is 95.5 Å². The number of para-hydroxylation sites is 1. The van der Waals surface area contributed by atoms with Gasteiger partial charge in [0, 0.05) is 16.9 Å². The lowest BCUT2D eigenvalue weighted by molar-refractivity contribution is 0.102. The Bertz CT molecular complexity index is 1030. The summed E-state index contributed by atoms with van der Waals surface area (Å²) in [6.45, 7) is -0.120. The van der Waals surface area contributed by atoms with Crippen molar-refractivity contribution in [1.29, 1.82) is 0 Å². The SMILES string of the molecule is O=C(Nc1cccc(CO)c1)c1ccc(S(=O)(=O)Nc2ccccc2)cc1. The predicted molar refractivity (Wildman–Crippen MR) is 104 cm³/mol. The summed E-state index contributed by atoms with van der Waals surface area (Å²) >= 11 is 0. The van der Waals surface area contributed by atoms with E-state index in [0.717, 1.165) is 0 Å². The fourth-order valence-electron chi connectivity index (χ4n) is 2.46. The lowest BCUT2D eigenvalue weighted by Gasteiger charge is -2.09. The van der Waals surface area contributed by atoms with E-state index in [-0.39, 0.29) is 17.4 Å². The number of rotatable bonds is 6. The molecule has 1 amide bonds. The molecule has 0 unspecified atom stereocenters. The van der Waals surface area contributed by atoms with Crippen LogP contribution < -0.4 is 10.0 Å². The van der Waals surface area contributed by atoms with Gasteiger partial charge in [0.05, 0.1) is 11.5 Å². The fourth-order valence-corrected chi connectivity index (χ4v) is 3.52. The third-order valence-electron chi connectivity index (χ3n) is 3.82. The third kappa shape index (κ3) is 4.72. The van der Waals surface area contributed by atoms with Gasteiger partial charge in [0.15, 0.2) is 0 Å². The molecule has 0 aliphatic carbocycles. The van der Waals surface area contributed by atoms with Gasteiger partial charge in [0.1, 0.15) is 0 Å². The summed E-state index contributed by atoms with van der Waals surface area (Å²) in [4.78, 5) is 12.4. The van der Waals surface area contributed by atoms with Crippen molar-refractivity contribution < 1.29 is 18.3 Å². The van der Waals surface area contributed by atoms with Crippen molar-refractivity contribution in [3.63, 3.8) is 0 Å². The minimum atomic E-state index is -3.73. The van der Waals surface area contributed by atoms with E-state index in [9.17, 15) is 13.2 Å². The van der Waals surface area contributed by atoms with Crippen LogP contribution in [0.1, 0.15) is 15.9 Å². The molecule has 0 aliphatic rings. The van der Waals surface area contributed by atoms with Crippen LogP contribution in [-0.4, -0.2) is 19.4 Å². The molecule has 138 valence electrons. The number of carbonyl (C=O) groups is 1. The van der Waals surface area contributed by atoms with Gasteiger partial charge in [-0.1, -0.05) is 30.3 Å². The van der Waals surface area contributed by atoms with E-state index < -0.39 is 10.0 Å². The summed E-state index contributed by atoms with van der Waals surface area (Å²) in [5.41, 5.74) is 2.02. The van der Waals surface area contributed by atoms with Gasteiger partial charge in [0.25, 0.3) is 15.9 Å². The van der Waals surface area contributed by atoms with Crippen LogP contribution in [0, 0.1) is 0 Å². The second kappa shape index (κ2) is 8.03. The summed E-state index contributed by atoms with van der Waals surface area (Å²) < 4.78 is 27.3. The van der Waals surface area contributed by atoms with Crippen molar-refractivity contribution in [2.45, 2.75) is 11.5 Å². The average Bonchev–Trinajstić information content (AvgIpc) is 2.68. The predicted octanol–water partition coefficient (Wildman–Crippen LogP) is 3.23. The van der Waals surface area contributed by atoms with Crippen molar-refractivity contribution in [2.75, 3.05) is 10.0 Å². The molecule has 3 N–H and O–H groups in total. The molecule has 0 atom stereocenters. The van der Waals surface area contributed by atoms with Crippen LogP contribution in [0.2, 0.25) is 0 Å². The molecule has 0 saturated heterocycles. The zero-order chi connectivity index (χ0) is 19.3. The van der Waals surface area contributed by atoms with Gasteiger partial charge in [-0.25, -0.2) is 8.42 Å². The highest BCUT2D eigenvalue weighted by atomic mass is 32.2. The zero-order valence-corrected chi connectivity index (χ0v) is 15.1. The van der Waals surface area contributed by atoms with Crippen LogP contribution in [0.4, 0.5) is 11.4 Å². The Balaban J connectivity index is 1.73. The van der Waals surface area contributed by atoms with Crippen LogP contribution >= 0.6 is 0 Å². The standard InChI is InChI=1S/C20H18N2O4S/c23-14-15-5-4-8-18(13-15)21-20(24)16-9-11-19(12-10-16)27(25,26)22-17-6-2-1-3-7-17/h1-13,22-23H,14H2,(H,21,24). The van der Waals surface area contributed by atoms with Crippen LogP contribution in [0.25, 0.3) is 0 Å². The molecule has 0 aromatic heterocycles. The van der Waals surface area contributed by atoms with E-state index in [2.05, 4.69) is 10.0 Å². The quantitative estimate of drug-likeness (QED) is 0.610. The van der Waals surface area contributed by atoms with E-state index >= 15 is 0 Å². The number of hydrogen-bond acceptors (Lipinski definition) is 4. The van der Waals surface area contributed by atoms with Crippen molar-refractivity contribution >= 4 is 27.3 Å². The van der Waals surface area contributed by atoms with E-state index in [1.807, 2.05) is 0 Å². The number of nitrogens with one attached hydrogen (secondary N) is 2. The Morgan fingerprint density at radius 3 is 2.19 bits per heavy atom. The summed E-state index contributed by atoms with van der Waals surface area (Å²) in [6.07, 6.45) is 0. The Hall–Kier alpha value is -3.16. The minimum Gasteiger partial charge on any atom is -0.392 e. The van der Waals surface area contributed by atoms with Gasteiger partial charge in [0.2, 0.25) is 0 Å². The smallest absolute Gasteiger partial charge is 0.261 e. The molecular formula is C20H18N2O4S. The average molecular weight is 382 g/mol. The van der Waals surface area contributed by atoms with Crippen molar-refractivity contribution in [3.8, 4) is 0 Å². The van der Waals surface area contributed by atoms with Crippen molar-refractivity contribution in [3.05, 3.63) is 90.0 Å². The Morgan fingerprint density at radius 2 is 1.52 bits per heavy atom. The Labute approximate surface area is 157 Å². The Morgan fingerprint density at radius 1 is 0.852 bits per heavy atom. The van der Waals surface area contributed by atoms with Gasteiger partial charge >= 0.3 is 0 Å². The molecule has 3 rings (SSSR count). The molecule has 0 bridgehead atoms. The summed E-state index contributed by atoms with van der Waals surface area (Å²) in [5.74, 6) is -0.370. The van der Waals surface area contributed by atoms with Gasteiger partial charge < -0.3 is 10.4 Å². The molecule has 0 fully saturated rings. The summed E-state index contributed by atoms with van der Waals surface area (Å²) in [7, 11) is -3.73. The molecule has 27 heavy (non-hydrogen) atoms. The molecule has 0 heterocycles. The highest BCUT2D eigenvalue weighted by molar-refractivity contribution is 7.92. The van der Waals surface area contributed by atoms with Crippen LogP contribution in [0.3, 0.4) is 0 Å². The van der Waals surface area contributed by atoms with E-state index in [1.165, 1.54) is 24.3 Å². The summed E-state index contributed by atoms with van der Waals surface area (Å²) in [6, 6.07) is 21.1. The van der Waals surface area contributed by atoms with Gasteiger partial charge in [-0.3, -0.25) is 9.52 Å². The van der Waals surface area contributed by atoms with E-state index in [0.29, 0.717) is 22.5 Å². The number of amides is 1. The number of sulfonamides is 1. The molecule has 0 saturated carbocycles. The van der Waals surface area contributed by atoms with Crippen LogP contribution in [0.5, 0.6) is 0 Å². The number of anilines is 2. The molecule has 6 nitrogen and oxygen atoms in total. The number of benzene rings is 3. The third-order valence-corrected chi connectivity index (χ3v) is 5.22. The lowest BCUT2D eigenvalue weighted by atomic mass is 10.2. The monoisotopic (exact) mass is 382 g/mol. The van der Waals surface area contributed by atoms with Crippen LogP contribution in [0.15, 0.2) is 83.8 Å². The van der Waals surface area contributed by atoms with Gasteiger partial charge in [-0.2, -0.15) is 0 Å². The number of aliphatic hydroxyl groups is 1. The highest BCUT2D eigenvalue weighted by Crippen LogP contribution is 2.17. The maximum absolute atomic E-state index is 12.4. The largest absolute Gasteiger partial charge is 0.392 e. The van der Waals surface area contributed by atoms with Gasteiger partial charge in [-0.05, 0) is 54.1 Å². The Kier molecular flexibility index (Phi) is 5.54. The first kappa shape index (κ1) is 18.6. The number of aliphatic hydroxyl groups excluding tert-OH is 1. The molecule has 3 aromatic rings. The first-order valence-electron chi connectivity index (χ1n) is 8.17. The van der Waals surface area contributed by atoms with Crippen molar-refractivity contribution in [1.82, 2.24) is 0 Å². The molecule has 0 radical (unpaired) electrons. The fraction of sp³-hybridized carbons (Fsp3) is 0.0500. The molecule has 0 aliphatic heterocycles. The first-order valence-corrected chi connectivity index (χ1v) is 9.65. The molecule has 7 heteroatoms. The molecule has 0 spiro atoms. The minimum absolute atomic E-state index is 0.0604. The second-order valence-corrected chi connectivity index (χ2v) is 7.49. The van der Waals surface area contributed by atoms with Crippen molar-refractivity contribution in [2.24, 2.45) is 0 Å². The highest BCUT2D eigenvalue weighted by Gasteiger charge is 2.15. The van der Waals surface area contributed by atoms with E-state index in [1.54, 1.807) is 54.6 Å². The maximum Gasteiger partial charge on any atom is 0.261 e. The summed E-state index contributed by atoms with van der Waals surface area (Å²) in [5, 5.41) is 11.9. The van der Waals surface area contributed by atoms with Gasteiger partial charge in [-0.15, -0.1) is 0 Å². The number of carbonyl (C=O) groups excluding carboxylic acids is 1. The second-order valence-electron chi connectivity index (χ2n) is 5.81. The first-order chi connectivity index (χ1) is 13.0. The lowest BCUT2D eigenvalue weighted by Crippen LogP contribution is -2.14. The zero-order valence-electron chi connectivity index (χ0n) is 14.3. The van der Waals surface area contributed by atoms with E-state index in [4.69, 9.17) is 5.11 Å². The maximum atomic E-state index is 12.4. The number of hydrogen-bond donors (Lipinski definition) is 3. The molecular weight excluding hydrogens is 364 g/mol. The van der Waals surface area contributed by atoms with Crippen LogP contribution in [-0.2, 0) is 16.6 Å². The normalized spacial score (nSPS) is 11.0.